The average molecular weight is 270 g/mol. The molecule has 5 heteroatoms. The van der Waals surface area contributed by atoms with Crippen molar-refractivity contribution in [2.75, 3.05) is 19.8 Å². The van der Waals surface area contributed by atoms with Crippen LogP contribution >= 0.6 is 11.3 Å². The molecule has 0 aromatic carbocycles. The van der Waals surface area contributed by atoms with Gasteiger partial charge in [0.25, 0.3) is 0 Å². The van der Waals surface area contributed by atoms with E-state index in [9.17, 15) is 5.11 Å². The summed E-state index contributed by atoms with van der Waals surface area (Å²) < 4.78 is 5.47. The maximum atomic E-state index is 9.84. The minimum atomic E-state index is -0.456. The second-order valence-electron chi connectivity index (χ2n) is 5.48. The molecule has 18 heavy (non-hydrogen) atoms. The molecule has 1 unspecified atom stereocenters. The molecule has 1 aliphatic rings. The number of nitrogens with zero attached hydrogens (tertiary/aromatic N) is 1. The zero-order chi connectivity index (χ0) is 13.0. The van der Waals surface area contributed by atoms with E-state index in [1.54, 1.807) is 17.5 Å². The highest BCUT2D eigenvalue weighted by Gasteiger charge is 2.24. The number of aliphatic hydroxyl groups excluding tert-OH is 1. The molecule has 2 N–H and O–H groups in total. The predicted molar refractivity (Wildman–Crippen MR) is 72.7 cm³/mol. The third kappa shape index (κ3) is 4.31. The first-order chi connectivity index (χ1) is 8.58. The largest absolute Gasteiger partial charge is 0.389 e. The number of ether oxygens (including phenoxy) is 1. The second-order valence-corrected chi connectivity index (χ2v) is 6.37. The molecule has 0 saturated heterocycles. The molecule has 1 aliphatic carbocycles. The van der Waals surface area contributed by atoms with E-state index >= 15 is 0 Å². The smallest absolute Gasteiger partial charge is 0.112 e. The van der Waals surface area contributed by atoms with Crippen molar-refractivity contribution in [2.45, 2.75) is 38.3 Å². The Balaban J connectivity index is 1.66. The molecule has 1 fully saturated rings. The normalized spacial score (nSPS) is 17.9. The zero-order valence-corrected chi connectivity index (χ0v) is 11.9. The van der Waals surface area contributed by atoms with Crippen molar-refractivity contribution in [3.8, 4) is 0 Å². The maximum absolute atomic E-state index is 9.84. The van der Waals surface area contributed by atoms with E-state index in [1.807, 2.05) is 5.38 Å². The highest BCUT2D eigenvalue weighted by Crippen LogP contribution is 2.28. The SMILES string of the molecule is CC(C)(NCC(O)COCC1CC1)c1nccs1. The molecule has 0 radical (unpaired) electrons. The third-order valence-corrected chi connectivity index (χ3v) is 4.20. The summed E-state index contributed by atoms with van der Waals surface area (Å²) in [6.45, 7) is 5.88. The molecular weight excluding hydrogens is 248 g/mol. The number of nitrogens with one attached hydrogen (secondary N) is 1. The lowest BCUT2D eigenvalue weighted by Crippen LogP contribution is -2.42. The first-order valence-corrected chi connectivity index (χ1v) is 7.36. The summed E-state index contributed by atoms with van der Waals surface area (Å²) in [5.74, 6) is 0.747. The molecule has 0 amide bonds. The van der Waals surface area contributed by atoms with Gasteiger partial charge in [-0.2, -0.15) is 0 Å². The Hall–Kier alpha value is -0.490. The summed E-state index contributed by atoms with van der Waals surface area (Å²) in [5, 5.41) is 16.2. The summed E-state index contributed by atoms with van der Waals surface area (Å²) >= 11 is 1.63. The molecule has 0 spiro atoms. The van der Waals surface area contributed by atoms with Crippen molar-refractivity contribution in [1.29, 1.82) is 0 Å². The summed E-state index contributed by atoms with van der Waals surface area (Å²) in [5.41, 5.74) is -0.203. The van der Waals surface area contributed by atoms with Crippen molar-refractivity contribution < 1.29 is 9.84 Å². The molecule has 1 heterocycles. The first-order valence-electron chi connectivity index (χ1n) is 6.49. The minimum Gasteiger partial charge on any atom is -0.389 e. The number of aromatic nitrogens is 1. The van der Waals surface area contributed by atoms with Gasteiger partial charge < -0.3 is 15.2 Å². The Morgan fingerprint density at radius 1 is 1.61 bits per heavy atom. The fraction of sp³-hybridized carbons (Fsp3) is 0.769. The Morgan fingerprint density at radius 2 is 2.39 bits per heavy atom. The summed E-state index contributed by atoms with van der Waals surface area (Å²) in [7, 11) is 0. The number of hydrogen-bond donors (Lipinski definition) is 2. The van der Waals surface area contributed by atoms with Gasteiger partial charge >= 0.3 is 0 Å². The topological polar surface area (TPSA) is 54.4 Å². The van der Waals surface area contributed by atoms with Crippen LogP contribution in [0.5, 0.6) is 0 Å². The van der Waals surface area contributed by atoms with Crippen molar-refractivity contribution in [3.05, 3.63) is 16.6 Å². The van der Waals surface area contributed by atoms with Gasteiger partial charge in [0, 0.05) is 24.7 Å². The van der Waals surface area contributed by atoms with E-state index in [4.69, 9.17) is 4.74 Å². The van der Waals surface area contributed by atoms with Gasteiger partial charge in [0.2, 0.25) is 0 Å². The molecular formula is C13H22N2O2S. The molecule has 2 rings (SSSR count). The highest BCUT2D eigenvalue weighted by molar-refractivity contribution is 7.09. The third-order valence-electron chi connectivity index (χ3n) is 3.11. The first kappa shape index (κ1) is 13.9. The lowest BCUT2D eigenvalue weighted by molar-refractivity contribution is 0.0292. The number of hydrogen-bond acceptors (Lipinski definition) is 5. The molecule has 1 atom stereocenters. The van der Waals surface area contributed by atoms with Crippen LogP contribution in [0.3, 0.4) is 0 Å². The van der Waals surface area contributed by atoms with E-state index in [1.165, 1.54) is 12.8 Å². The maximum Gasteiger partial charge on any atom is 0.112 e. The average Bonchev–Trinajstić information content (AvgIpc) is 2.96. The van der Waals surface area contributed by atoms with Gasteiger partial charge in [-0.05, 0) is 32.6 Å². The molecule has 1 aromatic rings. The van der Waals surface area contributed by atoms with Crippen LogP contribution in [0.4, 0.5) is 0 Å². The van der Waals surface area contributed by atoms with Crippen LogP contribution in [0.15, 0.2) is 11.6 Å². The van der Waals surface area contributed by atoms with Crippen LogP contribution in [0.2, 0.25) is 0 Å². The van der Waals surface area contributed by atoms with E-state index < -0.39 is 6.10 Å². The van der Waals surface area contributed by atoms with Crippen LogP contribution in [0.25, 0.3) is 0 Å². The van der Waals surface area contributed by atoms with Crippen molar-refractivity contribution >= 4 is 11.3 Å². The van der Waals surface area contributed by atoms with E-state index in [0.717, 1.165) is 17.5 Å². The minimum absolute atomic E-state index is 0.203. The van der Waals surface area contributed by atoms with Gasteiger partial charge in [-0.1, -0.05) is 0 Å². The Morgan fingerprint density at radius 3 is 3.00 bits per heavy atom. The van der Waals surface area contributed by atoms with Crippen LogP contribution in [-0.2, 0) is 10.3 Å². The van der Waals surface area contributed by atoms with Gasteiger partial charge in [0.05, 0.1) is 18.2 Å². The van der Waals surface area contributed by atoms with E-state index in [-0.39, 0.29) is 5.54 Å². The number of aliphatic hydroxyl groups is 1. The lowest BCUT2D eigenvalue weighted by atomic mass is 10.1. The Labute approximate surface area is 112 Å². The molecule has 1 aromatic heterocycles. The fourth-order valence-corrected chi connectivity index (χ4v) is 2.43. The Kier molecular flexibility index (Phi) is 4.72. The number of thiazole rings is 1. The van der Waals surface area contributed by atoms with Crippen molar-refractivity contribution in [2.24, 2.45) is 5.92 Å². The lowest BCUT2D eigenvalue weighted by Gasteiger charge is -2.25. The Bertz CT molecular complexity index is 350. The van der Waals surface area contributed by atoms with Gasteiger partial charge in [0.15, 0.2) is 0 Å². The number of rotatable bonds is 8. The molecule has 0 bridgehead atoms. The van der Waals surface area contributed by atoms with Gasteiger partial charge in [0.1, 0.15) is 5.01 Å². The fourth-order valence-electron chi connectivity index (χ4n) is 1.69. The van der Waals surface area contributed by atoms with Crippen LogP contribution in [0.1, 0.15) is 31.7 Å². The molecule has 102 valence electrons. The van der Waals surface area contributed by atoms with Crippen LogP contribution in [0, 0.1) is 5.92 Å². The summed E-state index contributed by atoms with van der Waals surface area (Å²) in [4.78, 5) is 4.30. The summed E-state index contributed by atoms with van der Waals surface area (Å²) in [6, 6.07) is 0. The van der Waals surface area contributed by atoms with Crippen LogP contribution in [-0.4, -0.2) is 36.0 Å². The van der Waals surface area contributed by atoms with E-state index in [0.29, 0.717) is 13.2 Å². The quantitative estimate of drug-likeness (QED) is 0.756. The van der Waals surface area contributed by atoms with Gasteiger partial charge in [-0.3, -0.25) is 0 Å². The monoisotopic (exact) mass is 270 g/mol. The standard InChI is InChI=1S/C13H22N2O2S/c1-13(2,12-14-5-6-18-12)15-7-11(16)9-17-8-10-3-4-10/h5-6,10-11,15-16H,3-4,7-9H2,1-2H3. The van der Waals surface area contributed by atoms with Crippen LogP contribution < -0.4 is 5.32 Å². The van der Waals surface area contributed by atoms with Gasteiger partial charge in [-0.25, -0.2) is 4.98 Å². The van der Waals surface area contributed by atoms with Crippen molar-refractivity contribution in [3.63, 3.8) is 0 Å². The summed E-state index contributed by atoms with van der Waals surface area (Å²) in [6.07, 6.45) is 3.91. The molecule has 4 nitrogen and oxygen atoms in total. The highest BCUT2D eigenvalue weighted by atomic mass is 32.1. The second kappa shape index (κ2) is 6.10. The zero-order valence-electron chi connectivity index (χ0n) is 11.1. The predicted octanol–water partition coefficient (Wildman–Crippen LogP) is 1.76. The molecule has 0 aliphatic heterocycles. The molecule has 1 saturated carbocycles. The van der Waals surface area contributed by atoms with E-state index in [2.05, 4.69) is 24.1 Å². The van der Waals surface area contributed by atoms with Gasteiger partial charge in [-0.15, -0.1) is 11.3 Å². The van der Waals surface area contributed by atoms with Crippen molar-refractivity contribution in [1.82, 2.24) is 10.3 Å².